The van der Waals surface area contributed by atoms with Gasteiger partial charge in [0.1, 0.15) is 18.3 Å². The average Bonchev–Trinajstić information content (AvgIpc) is 2.74. The molecule has 0 saturated heterocycles. The summed E-state index contributed by atoms with van der Waals surface area (Å²) in [4.78, 5) is 27.2. The minimum absolute atomic E-state index is 0.120. The van der Waals surface area contributed by atoms with Gasteiger partial charge in [-0.15, -0.1) is 0 Å². The maximum atomic E-state index is 13.4. The van der Waals surface area contributed by atoms with Crippen molar-refractivity contribution < 1.29 is 22.7 Å². The monoisotopic (exact) mass is 461 g/mol. The highest BCUT2D eigenvalue weighted by Crippen LogP contribution is 2.27. The largest absolute Gasteiger partial charge is 0.497 e. The fourth-order valence-electron chi connectivity index (χ4n) is 3.53. The maximum Gasteiger partial charge on any atom is 0.244 e. The zero-order valence-corrected chi connectivity index (χ0v) is 20.2. The van der Waals surface area contributed by atoms with Gasteiger partial charge in [-0.05, 0) is 49.6 Å². The van der Waals surface area contributed by atoms with Crippen LogP contribution in [0.1, 0.15) is 23.6 Å². The van der Waals surface area contributed by atoms with E-state index >= 15 is 0 Å². The lowest BCUT2D eigenvalue weighted by Crippen LogP contribution is -2.50. The van der Waals surface area contributed by atoms with E-state index in [0.717, 1.165) is 27.3 Å². The van der Waals surface area contributed by atoms with Crippen LogP contribution in [-0.2, 0) is 26.2 Å². The molecule has 0 aliphatic rings. The summed E-state index contributed by atoms with van der Waals surface area (Å²) >= 11 is 0. The quantitative estimate of drug-likeness (QED) is 0.618. The normalized spacial score (nSPS) is 12.1. The number of carbonyl (C=O) groups excluding carboxylic acids is 2. The SMILES string of the molecule is CNC(=O)[C@@H](C)N(Cc1cccc(OC)c1)C(=O)CN(c1c(C)cccc1C)S(C)(=O)=O. The molecule has 0 aromatic heterocycles. The van der Waals surface area contributed by atoms with Crippen LogP contribution in [0.25, 0.3) is 0 Å². The smallest absolute Gasteiger partial charge is 0.244 e. The molecule has 2 rings (SSSR count). The Labute approximate surface area is 190 Å². The first-order chi connectivity index (χ1) is 15.0. The van der Waals surface area contributed by atoms with Crippen LogP contribution in [-0.4, -0.2) is 58.1 Å². The zero-order valence-electron chi connectivity index (χ0n) is 19.4. The third kappa shape index (κ3) is 6.00. The minimum atomic E-state index is -3.76. The molecule has 1 N–H and O–H groups in total. The molecule has 0 heterocycles. The minimum Gasteiger partial charge on any atom is -0.497 e. The third-order valence-electron chi connectivity index (χ3n) is 5.27. The Balaban J connectivity index is 2.45. The fraction of sp³-hybridized carbons (Fsp3) is 0.391. The number of carbonyl (C=O) groups is 2. The molecule has 8 nitrogen and oxygen atoms in total. The Bertz CT molecular complexity index is 1060. The second-order valence-corrected chi connectivity index (χ2v) is 9.58. The van der Waals surface area contributed by atoms with E-state index in [1.165, 1.54) is 11.9 Å². The molecular weight excluding hydrogens is 430 g/mol. The van der Waals surface area contributed by atoms with Crippen LogP contribution in [0.5, 0.6) is 5.75 Å². The lowest BCUT2D eigenvalue weighted by molar-refractivity contribution is -0.139. The van der Waals surface area contributed by atoms with E-state index in [0.29, 0.717) is 11.4 Å². The van der Waals surface area contributed by atoms with Gasteiger partial charge in [-0.3, -0.25) is 13.9 Å². The number of aryl methyl sites for hydroxylation is 2. The van der Waals surface area contributed by atoms with Gasteiger partial charge in [-0.25, -0.2) is 8.42 Å². The van der Waals surface area contributed by atoms with E-state index in [1.54, 1.807) is 58.2 Å². The summed E-state index contributed by atoms with van der Waals surface area (Å²) < 4.78 is 31.7. The molecule has 2 amide bonds. The molecule has 0 radical (unpaired) electrons. The van der Waals surface area contributed by atoms with Gasteiger partial charge in [0.05, 0.1) is 19.1 Å². The molecule has 2 aromatic carbocycles. The van der Waals surface area contributed by atoms with Gasteiger partial charge in [0.15, 0.2) is 0 Å². The summed E-state index contributed by atoms with van der Waals surface area (Å²) in [7, 11) is -0.723. The molecule has 2 aromatic rings. The van der Waals surface area contributed by atoms with Crippen molar-refractivity contribution in [3.8, 4) is 5.75 Å². The summed E-state index contributed by atoms with van der Waals surface area (Å²) in [6.45, 7) is 4.91. The second-order valence-electron chi connectivity index (χ2n) is 7.67. The number of sulfonamides is 1. The van der Waals surface area contributed by atoms with Crippen molar-refractivity contribution in [1.29, 1.82) is 0 Å². The highest BCUT2D eigenvalue weighted by molar-refractivity contribution is 7.92. The number of para-hydroxylation sites is 1. The van der Waals surface area contributed by atoms with Gasteiger partial charge in [0.2, 0.25) is 21.8 Å². The summed E-state index contributed by atoms with van der Waals surface area (Å²) in [6.07, 6.45) is 1.07. The number of methoxy groups -OCH3 is 1. The van der Waals surface area contributed by atoms with Gasteiger partial charge >= 0.3 is 0 Å². The first-order valence-electron chi connectivity index (χ1n) is 10.2. The molecule has 0 aliphatic heterocycles. The van der Waals surface area contributed by atoms with Gasteiger partial charge in [-0.2, -0.15) is 0 Å². The van der Waals surface area contributed by atoms with Gasteiger partial charge in [-0.1, -0.05) is 30.3 Å². The van der Waals surface area contributed by atoms with Gasteiger partial charge < -0.3 is 15.0 Å². The molecule has 0 fully saturated rings. The summed E-state index contributed by atoms with van der Waals surface area (Å²) in [5.41, 5.74) is 2.70. The first-order valence-corrected chi connectivity index (χ1v) is 12.0. The third-order valence-corrected chi connectivity index (χ3v) is 6.38. The molecule has 9 heteroatoms. The van der Waals surface area contributed by atoms with E-state index in [1.807, 2.05) is 12.1 Å². The molecule has 0 aliphatic carbocycles. The Morgan fingerprint density at radius 1 is 1.09 bits per heavy atom. The number of anilines is 1. The van der Waals surface area contributed by atoms with Crippen LogP contribution in [0.15, 0.2) is 42.5 Å². The van der Waals surface area contributed by atoms with Crippen molar-refractivity contribution in [2.75, 3.05) is 31.3 Å². The Morgan fingerprint density at radius 2 is 1.69 bits per heavy atom. The maximum absolute atomic E-state index is 13.4. The summed E-state index contributed by atoms with van der Waals surface area (Å²) in [6, 6.07) is 11.8. The lowest BCUT2D eigenvalue weighted by atomic mass is 10.1. The predicted octanol–water partition coefficient (Wildman–Crippen LogP) is 2.24. The number of likely N-dealkylation sites (N-methyl/N-ethyl adjacent to an activating group) is 1. The van der Waals surface area contributed by atoms with Gasteiger partial charge in [0.25, 0.3) is 0 Å². The fourth-order valence-corrected chi connectivity index (χ4v) is 4.50. The molecular formula is C23H31N3O5S. The molecule has 0 unspecified atom stereocenters. The van der Waals surface area contributed by atoms with E-state index < -0.39 is 28.5 Å². The predicted molar refractivity (Wildman–Crippen MR) is 125 cm³/mol. The molecule has 0 saturated carbocycles. The van der Waals surface area contributed by atoms with Crippen LogP contribution < -0.4 is 14.4 Å². The van der Waals surface area contributed by atoms with E-state index in [2.05, 4.69) is 5.32 Å². The zero-order chi connectivity index (χ0) is 24.1. The number of benzene rings is 2. The van der Waals surface area contributed by atoms with Crippen molar-refractivity contribution in [3.63, 3.8) is 0 Å². The van der Waals surface area contributed by atoms with E-state index in [4.69, 9.17) is 4.74 Å². The van der Waals surface area contributed by atoms with Crippen molar-refractivity contribution in [1.82, 2.24) is 10.2 Å². The highest BCUT2D eigenvalue weighted by atomic mass is 32.2. The number of nitrogens with one attached hydrogen (secondary N) is 1. The van der Waals surface area contributed by atoms with Crippen molar-refractivity contribution >= 4 is 27.5 Å². The number of amides is 2. The van der Waals surface area contributed by atoms with Crippen molar-refractivity contribution in [3.05, 3.63) is 59.2 Å². The number of hydrogen-bond donors (Lipinski definition) is 1. The first kappa shape index (κ1) is 25.2. The van der Waals surface area contributed by atoms with Gasteiger partial charge in [0, 0.05) is 13.6 Å². The van der Waals surface area contributed by atoms with Crippen molar-refractivity contribution in [2.24, 2.45) is 0 Å². The van der Waals surface area contributed by atoms with Crippen LogP contribution >= 0.6 is 0 Å². The topological polar surface area (TPSA) is 96.0 Å². The van der Waals surface area contributed by atoms with Crippen LogP contribution in [0.2, 0.25) is 0 Å². The lowest BCUT2D eigenvalue weighted by Gasteiger charge is -2.32. The molecule has 0 spiro atoms. The summed E-state index contributed by atoms with van der Waals surface area (Å²) in [5, 5.41) is 2.55. The highest BCUT2D eigenvalue weighted by Gasteiger charge is 2.30. The molecule has 0 bridgehead atoms. The number of rotatable bonds is 9. The standard InChI is InChI=1S/C23H31N3O5S/c1-16-9-7-10-17(2)22(16)26(32(6,29)30)15-21(27)25(18(3)23(28)24-4)14-19-11-8-12-20(13-19)31-5/h7-13,18H,14-15H2,1-6H3,(H,24,28)/t18-/m1/s1. The molecule has 1 atom stereocenters. The Hall–Kier alpha value is -3.07. The van der Waals surface area contributed by atoms with Crippen LogP contribution in [0.4, 0.5) is 5.69 Å². The van der Waals surface area contributed by atoms with Crippen LogP contribution in [0.3, 0.4) is 0 Å². The average molecular weight is 462 g/mol. The number of ether oxygens (including phenoxy) is 1. The van der Waals surface area contributed by atoms with E-state index in [-0.39, 0.29) is 12.5 Å². The Morgan fingerprint density at radius 3 is 2.22 bits per heavy atom. The van der Waals surface area contributed by atoms with Crippen LogP contribution in [0, 0.1) is 13.8 Å². The molecule has 32 heavy (non-hydrogen) atoms. The second kappa shape index (κ2) is 10.5. The Kier molecular flexibility index (Phi) is 8.26. The van der Waals surface area contributed by atoms with E-state index in [9.17, 15) is 18.0 Å². The number of nitrogens with zero attached hydrogens (tertiary/aromatic N) is 2. The van der Waals surface area contributed by atoms with Crippen molar-refractivity contribution in [2.45, 2.75) is 33.4 Å². The molecule has 174 valence electrons. The number of hydrogen-bond acceptors (Lipinski definition) is 5. The summed E-state index contributed by atoms with van der Waals surface area (Å²) in [5.74, 6) is -0.216.